The number of nitro groups is 1. The van der Waals surface area contributed by atoms with E-state index in [0.29, 0.717) is 19.4 Å². The summed E-state index contributed by atoms with van der Waals surface area (Å²) < 4.78 is 5.48. The lowest BCUT2D eigenvalue weighted by atomic mass is 10.0. The zero-order chi connectivity index (χ0) is 24.7. The van der Waals surface area contributed by atoms with Crippen LogP contribution in [0.5, 0.6) is 5.75 Å². The second-order valence-corrected chi connectivity index (χ2v) is 8.98. The van der Waals surface area contributed by atoms with E-state index >= 15 is 0 Å². The summed E-state index contributed by atoms with van der Waals surface area (Å²) in [5.41, 5.74) is 4.67. The number of carbonyl (C=O) groups excluding carboxylic acids is 1. The van der Waals surface area contributed by atoms with E-state index in [9.17, 15) is 20.0 Å². The molecule has 0 spiro atoms. The number of hydrogen-bond acceptors (Lipinski definition) is 8. The van der Waals surface area contributed by atoms with Crippen molar-refractivity contribution in [2.24, 2.45) is 5.10 Å². The SMILES string of the molecule is CC(C)(CNc1ccc(C2=NNC(=O)CC2)cc1)NCC(O)COc1cccc([N+](=O)[O-])c1Cl. The maximum Gasteiger partial charge on any atom is 0.291 e. The van der Waals surface area contributed by atoms with Gasteiger partial charge in [-0.25, -0.2) is 5.43 Å². The van der Waals surface area contributed by atoms with Crippen LogP contribution < -0.4 is 20.8 Å². The summed E-state index contributed by atoms with van der Waals surface area (Å²) >= 11 is 6.00. The van der Waals surface area contributed by atoms with Crippen LogP contribution in [-0.2, 0) is 4.79 Å². The maximum atomic E-state index is 11.2. The number of nitro benzene ring substituents is 1. The molecule has 1 atom stereocenters. The first-order chi connectivity index (χ1) is 16.1. The Morgan fingerprint density at radius 2 is 2.00 bits per heavy atom. The van der Waals surface area contributed by atoms with Crippen molar-refractivity contribution >= 4 is 34.6 Å². The van der Waals surface area contributed by atoms with Gasteiger partial charge >= 0.3 is 0 Å². The first-order valence-corrected chi connectivity index (χ1v) is 11.2. The van der Waals surface area contributed by atoms with Crippen LogP contribution in [0.1, 0.15) is 32.3 Å². The van der Waals surface area contributed by atoms with Gasteiger partial charge in [-0.2, -0.15) is 5.10 Å². The fraction of sp³-hybridized carbons (Fsp3) is 0.391. The first-order valence-electron chi connectivity index (χ1n) is 10.8. The van der Waals surface area contributed by atoms with Gasteiger partial charge in [0.2, 0.25) is 5.91 Å². The highest BCUT2D eigenvalue weighted by molar-refractivity contribution is 6.34. The van der Waals surface area contributed by atoms with Crippen LogP contribution in [0.15, 0.2) is 47.6 Å². The maximum absolute atomic E-state index is 11.2. The largest absolute Gasteiger partial charge is 0.489 e. The normalized spacial score (nSPS) is 14.7. The summed E-state index contributed by atoms with van der Waals surface area (Å²) in [7, 11) is 0. The molecule has 182 valence electrons. The Morgan fingerprint density at radius 1 is 1.26 bits per heavy atom. The Bertz CT molecular complexity index is 1060. The molecular formula is C23H28ClN5O5. The van der Waals surface area contributed by atoms with E-state index < -0.39 is 11.0 Å². The molecule has 0 bridgehead atoms. The average Bonchev–Trinajstić information content (AvgIpc) is 2.81. The molecule has 4 N–H and O–H groups in total. The molecule has 0 aliphatic carbocycles. The Labute approximate surface area is 202 Å². The lowest BCUT2D eigenvalue weighted by Crippen LogP contribution is -2.49. The molecular weight excluding hydrogens is 462 g/mol. The number of carbonyl (C=O) groups is 1. The molecule has 1 aliphatic rings. The highest BCUT2D eigenvalue weighted by atomic mass is 35.5. The summed E-state index contributed by atoms with van der Waals surface area (Å²) in [6, 6.07) is 12.1. The van der Waals surface area contributed by atoms with Crippen molar-refractivity contribution in [1.82, 2.24) is 10.7 Å². The standard InChI is InChI=1S/C23H28ClN5O5/c1-23(2,14-25-16-8-6-15(7-9-16)18-10-11-21(31)28-27-18)26-12-17(30)13-34-20-5-3-4-19(22(20)24)29(32)33/h3-9,17,25-26,30H,10-14H2,1-2H3,(H,28,31). The van der Waals surface area contributed by atoms with Crippen molar-refractivity contribution in [3.8, 4) is 5.75 Å². The summed E-state index contributed by atoms with van der Waals surface area (Å²) in [4.78, 5) is 21.6. The van der Waals surface area contributed by atoms with Crippen LogP contribution in [0.3, 0.4) is 0 Å². The van der Waals surface area contributed by atoms with Gasteiger partial charge in [0.25, 0.3) is 5.69 Å². The fourth-order valence-electron chi connectivity index (χ4n) is 3.24. The predicted molar refractivity (Wildman–Crippen MR) is 131 cm³/mol. The molecule has 0 aromatic heterocycles. The highest BCUT2D eigenvalue weighted by Gasteiger charge is 2.21. The van der Waals surface area contributed by atoms with Gasteiger partial charge in [-0.3, -0.25) is 14.9 Å². The molecule has 1 amide bonds. The molecule has 10 nitrogen and oxygen atoms in total. The Kier molecular flexibility index (Phi) is 8.43. The second kappa shape index (κ2) is 11.3. The minimum Gasteiger partial charge on any atom is -0.489 e. The summed E-state index contributed by atoms with van der Waals surface area (Å²) in [6.07, 6.45) is 0.216. The van der Waals surface area contributed by atoms with E-state index in [0.717, 1.165) is 17.0 Å². The smallest absolute Gasteiger partial charge is 0.291 e. The third-order valence-electron chi connectivity index (χ3n) is 5.24. The summed E-state index contributed by atoms with van der Waals surface area (Å²) in [5, 5.41) is 31.9. The molecule has 2 aromatic carbocycles. The van der Waals surface area contributed by atoms with E-state index in [-0.39, 0.29) is 41.1 Å². The van der Waals surface area contributed by atoms with Crippen molar-refractivity contribution in [1.29, 1.82) is 0 Å². The van der Waals surface area contributed by atoms with Crippen LogP contribution in [0, 0.1) is 10.1 Å². The third kappa shape index (κ3) is 7.14. The lowest BCUT2D eigenvalue weighted by molar-refractivity contribution is -0.384. The summed E-state index contributed by atoms with van der Waals surface area (Å²) in [6.45, 7) is 4.78. The number of halogens is 1. The molecule has 1 unspecified atom stereocenters. The van der Waals surface area contributed by atoms with Crippen molar-refractivity contribution in [2.45, 2.75) is 38.3 Å². The zero-order valence-corrected chi connectivity index (χ0v) is 19.8. The fourth-order valence-corrected chi connectivity index (χ4v) is 3.49. The topological polar surface area (TPSA) is 138 Å². The number of nitrogens with one attached hydrogen (secondary N) is 3. The first kappa shape index (κ1) is 25.4. The summed E-state index contributed by atoms with van der Waals surface area (Å²) in [5.74, 6) is 0.0853. The molecule has 1 aliphatic heterocycles. The van der Waals surface area contributed by atoms with Crippen LogP contribution in [0.4, 0.5) is 11.4 Å². The predicted octanol–water partition coefficient (Wildman–Crippen LogP) is 3.08. The number of aliphatic hydroxyl groups excluding tert-OH is 1. The highest BCUT2D eigenvalue weighted by Crippen LogP contribution is 2.33. The molecule has 3 rings (SSSR count). The van der Waals surface area contributed by atoms with Gasteiger partial charge in [0.15, 0.2) is 5.02 Å². The minimum absolute atomic E-state index is 0.0663. The number of rotatable bonds is 11. The van der Waals surface area contributed by atoms with Crippen LogP contribution in [0.2, 0.25) is 5.02 Å². The van der Waals surface area contributed by atoms with Crippen molar-refractivity contribution in [2.75, 3.05) is 25.0 Å². The van der Waals surface area contributed by atoms with Gasteiger partial charge in [0, 0.05) is 43.2 Å². The number of nitrogens with zero attached hydrogens (tertiary/aromatic N) is 2. The van der Waals surface area contributed by atoms with E-state index in [4.69, 9.17) is 16.3 Å². The van der Waals surface area contributed by atoms with Gasteiger partial charge in [-0.05, 0) is 37.6 Å². The molecule has 34 heavy (non-hydrogen) atoms. The molecule has 0 fully saturated rings. The monoisotopic (exact) mass is 489 g/mol. The van der Waals surface area contributed by atoms with E-state index in [1.807, 2.05) is 38.1 Å². The molecule has 11 heteroatoms. The van der Waals surface area contributed by atoms with Gasteiger partial charge < -0.3 is 20.5 Å². The minimum atomic E-state index is -0.842. The second-order valence-electron chi connectivity index (χ2n) is 8.60. The number of benzene rings is 2. The van der Waals surface area contributed by atoms with Gasteiger partial charge in [0.05, 0.1) is 10.6 Å². The molecule has 0 saturated carbocycles. The van der Waals surface area contributed by atoms with Crippen molar-refractivity contribution in [3.63, 3.8) is 0 Å². The van der Waals surface area contributed by atoms with Crippen molar-refractivity contribution < 1.29 is 19.6 Å². The van der Waals surface area contributed by atoms with Gasteiger partial charge in [0.1, 0.15) is 18.5 Å². The molecule has 0 radical (unpaired) electrons. The van der Waals surface area contributed by atoms with E-state index in [1.165, 1.54) is 18.2 Å². The molecule has 0 saturated heterocycles. The molecule has 2 aromatic rings. The van der Waals surface area contributed by atoms with Crippen LogP contribution in [-0.4, -0.2) is 53.0 Å². The number of hydrazone groups is 1. The quantitative estimate of drug-likeness (QED) is 0.281. The number of β-amino-alcohol motifs (C(OH)–C–C–N with tert-alkyl or cyclic N) is 1. The van der Waals surface area contributed by atoms with E-state index in [1.54, 1.807) is 0 Å². The Hall–Kier alpha value is -3.21. The molecule has 1 heterocycles. The Balaban J connectivity index is 1.44. The third-order valence-corrected chi connectivity index (χ3v) is 5.62. The van der Waals surface area contributed by atoms with Gasteiger partial charge in [-0.1, -0.05) is 29.8 Å². The number of anilines is 1. The van der Waals surface area contributed by atoms with Crippen LogP contribution in [0.25, 0.3) is 0 Å². The van der Waals surface area contributed by atoms with E-state index in [2.05, 4.69) is 21.2 Å². The number of ether oxygens (including phenoxy) is 1. The Morgan fingerprint density at radius 3 is 2.65 bits per heavy atom. The zero-order valence-electron chi connectivity index (χ0n) is 19.0. The number of amides is 1. The van der Waals surface area contributed by atoms with Gasteiger partial charge in [-0.15, -0.1) is 0 Å². The average molecular weight is 490 g/mol. The van der Waals surface area contributed by atoms with Crippen LogP contribution >= 0.6 is 11.6 Å². The van der Waals surface area contributed by atoms with Crippen molar-refractivity contribution in [3.05, 3.63) is 63.2 Å². The number of aliphatic hydroxyl groups is 1. The number of hydrogen-bond donors (Lipinski definition) is 4. The lowest BCUT2D eigenvalue weighted by Gasteiger charge is -2.28.